The summed E-state index contributed by atoms with van der Waals surface area (Å²) in [5, 5.41) is 3.58. The lowest BCUT2D eigenvalue weighted by molar-refractivity contribution is 0.0911. The Hall–Kier alpha value is -1.26. The number of likely N-dealkylation sites (tertiary alicyclic amines) is 1. The molecule has 0 atom stereocenters. The third-order valence-electron chi connectivity index (χ3n) is 3.93. The van der Waals surface area contributed by atoms with Crippen LogP contribution in [0.25, 0.3) is 0 Å². The molecule has 2 rings (SSSR count). The van der Waals surface area contributed by atoms with Gasteiger partial charge < -0.3 is 16.0 Å². The van der Waals surface area contributed by atoms with E-state index in [1.54, 1.807) is 18.2 Å². The van der Waals surface area contributed by atoms with Crippen molar-refractivity contribution >= 4 is 23.2 Å². The van der Waals surface area contributed by atoms with Crippen LogP contribution >= 0.6 is 11.6 Å². The number of unbranched alkanes of at least 4 members (excludes halogenated alkanes) is 1. The summed E-state index contributed by atoms with van der Waals surface area (Å²) in [6, 6.07) is 5.21. The number of halogens is 1. The molecule has 5 heteroatoms. The molecular weight excluding hydrogens is 286 g/mol. The second-order valence-corrected chi connectivity index (χ2v) is 6.15. The highest BCUT2D eigenvalue weighted by atomic mass is 35.5. The average molecular weight is 310 g/mol. The molecule has 1 fully saturated rings. The Kier molecular flexibility index (Phi) is 5.88. The molecule has 0 aliphatic carbocycles. The number of amides is 1. The first-order valence-electron chi connectivity index (χ1n) is 7.67. The summed E-state index contributed by atoms with van der Waals surface area (Å²) in [6.45, 7) is 5.50. The van der Waals surface area contributed by atoms with E-state index in [-0.39, 0.29) is 11.9 Å². The van der Waals surface area contributed by atoms with Gasteiger partial charge in [-0.1, -0.05) is 24.9 Å². The van der Waals surface area contributed by atoms with Crippen LogP contribution in [0, 0.1) is 0 Å². The molecule has 0 spiro atoms. The van der Waals surface area contributed by atoms with Gasteiger partial charge >= 0.3 is 0 Å². The van der Waals surface area contributed by atoms with Crippen molar-refractivity contribution in [1.82, 2.24) is 10.2 Å². The van der Waals surface area contributed by atoms with Crippen molar-refractivity contribution in [3.8, 4) is 0 Å². The quantitative estimate of drug-likeness (QED) is 0.822. The van der Waals surface area contributed by atoms with Crippen LogP contribution in [0.4, 0.5) is 5.69 Å². The Morgan fingerprint density at radius 1 is 1.38 bits per heavy atom. The molecule has 1 aliphatic rings. The number of carbonyl (C=O) groups is 1. The Morgan fingerprint density at radius 3 is 2.71 bits per heavy atom. The molecule has 0 aromatic heterocycles. The number of benzene rings is 1. The molecule has 0 radical (unpaired) electrons. The monoisotopic (exact) mass is 309 g/mol. The Morgan fingerprint density at radius 2 is 2.10 bits per heavy atom. The van der Waals surface area contributed by atoms with E-state index in [4.69, 9.17) is 17.3 Å². The van der Waals surface area contributed by atoms with E-state index < -0.39 is 0 Å². The van der Waals surface area contributed by atoms with Gasteiger partial charge in [-0.3, -0.25) is 4.79 Å². The summed E-state index contributed by atoms with van der Waals surface area (Å²) in [5.74, 6) is -0.0868. The molecule has 1 saturated heterocycles. The molecule has 1 aliphatic heterocycles. The molecule has 1 heterocycles. The predicted molar refractivity (Wildman–Crippen MR) is 87.7 cm³/mol. The largest absolute Gasteiger partial charge is 0.399 e. The molecule has 116 valence electrons. The zero-order chi connectivity index (χ0) is 15.2. The number of hydrogen-bond donors (Lipinski definition) is 2. The number of carbonyl (C=O) groups excluding carboxylic acids is 1. The first-order valence-corrected chi connectivity index (χ1v) is 8.05. The SMILES string of the molecule is CCCCN1CCC(NC(=O)c2cc(N)cc(Cl)c2)CC1. The van der Waals surface area contributed by atoms with Gasteiger partial charge in [-0.2, -0.15) is 0 Å². The molecule has 21 heavy (non-hydrogen) atoms. The Balaban J connectivity index is 1.84. The van der Waals surface area contributed by atoms with Gasteiger partial charge in [0.15, 0.2) is 0 Å². The summed E-state index contributed by atoms with van der Waals surface area (Å²) in [4.78, 5) is 14.7. The number of nitrogens with two attached hydrogens (primary N) is 1. The van der Waals surface area contributed by atoms with Gasteiger partial charge in [-0.15, -0.1) is 0 Å². The van der Waals surface area contributed by atoms with E-state index in [2.05, 4.69) is 17.1 Å². The lowest BCUT2D eigenvalue weighted by Crippen LogP contribution is -2.44. The third-order valence-corrected chi connectivity index (χ3v) is 4.15. The normalized spacial score (nSPS) is 16.9. The van der Waals surface area contributed by atoms with Gasteiger partial charge in [0, 0.05) is 35.4 Å². The van der Waals surface area contributed by atoms with E-state index in [9.17, 15) is 4.79 Å². The van der Waals surface area contributed by atoms with Crippen LogP contribution in [0.3, 0.4) is 0 Å². The summed E-state index contributed by atoms with van der Waals surface area (Å²) in [7, 11) is 0. The maximum atomic E-state index is 12.2. The topological polar surface area (TPSA) is 58.4 Å². The number of anilines is 1. The van der Waals surface area contributed by atoms with E-state index in [0.29, 0.717) is 16.3 Å². The van der Waals surface area contributed by atoms with E-state index in [1.165, 1.54) is 19.4 Å². The molecule has 0 bridgehead atoms. The van der Waals surface area contributed by atoms with Crippen molar-refractivity contribution in [2.45, 2.75) is 38.6 Å². The van der Waals surface area contributed by atoms with E-state index in [0.717, 1.165) is 25.9 Å². The highest BCUT2D eigenvalue weighted by molar-refractivity contribution is 6.31. The highest BCUT2D eigenvalue weighted by Crippen LogP contribution is 2.17. The van der Waals surface area contributed by atoms with Crippen LogP contribution in [-0.4, -0.2) is 36.5 Å². The van der Waals surface area contributed by atoms with Crippen molar-refractivity contribution in [3.63, 3.8) is 0 Å². The van der Waals surface area contributed by atoms with Gasteiger partial charge in [0.25, 0.3) is 5.91 Å². The number of hydrogen-bond acceptors (Lipinski definition) is 3. The average Bonchev–Trinajstić information content (AvgIpc) is 2.45. The van der Waals surface area contributed by atoms with Crippen molar-refractivity contribution in [2.24, 2.45) is 0 Å². The van der Waals surface area contributed by atoms with Crippen molar-refractivity contribution < 1.29 is 4.79 Å². The fraction of sp³-hybridized carbons (Fsp3) is 0.562. The minimum absolute atomic E-state index is 0.0868. The predicted octanol–water partition coefficient (Wildman–Crippen LogP) is 2.92. The molecule has 1 aromatic carbocycles. The smallest absolute Gasteiger partial charge is 0.251 e. The van der Waals surface area contributed by atoms with Crippen molar-refractivity contribution in [3.05, 3.63) is 28.8 Å². The zero-order valence-electron chi connectivity index (χ0n) is 12.6. The molecule has 3 N–H and O–H groups in total. The third kappa shape index (κ3) is 4.90. The summed E-state index contributed by atoms with van der Waals surface area (Å²) >= 11 is 5.94. The van der Waals surface area contributed by atoms with Gasteiger partial charge in [-0.25, -0.2) is 0 Å². The van der Waals surface area contributed by atoms with Crippen LogP contribution in [0.2, 0.25) is 5.02 Å². The van der Waals surface area contributed by atoms with Gasteiger partial charge in [0.1, 0.15) is 0 Å². The fourth-order valence-corrected chi connectivity index (χ4v) is 2.94. The standard InChI is InChI=1S/C16H24ClN3O/c1-2-3-6-20-7-4-15(5-8-20)19-16(21)12-9-13(17)11-14(18)10-12/h9-11,15H,2-8,18H2,1H3,(H,19,21). The summed E-state index contributed by atoms with van der Waals surface area (Å²) in [6.07, 6.45) is 4.49. The zero-order valence-corrected chi connectivity index (χ0v) is 13.3. The van der Waals surface area contributed by atoms with E-state index >= 15 is 0 Å². The molecule has 0 saturated carbocycles. The Bertz CT molecular complexity index is 464. The number of nitrogen functional groups attached to an aromatic ring is 1. The van der Waals surface area contributed by atoms with Crippen LogP contribution in [0.5, 0.6) is 0 Å². The van der Waals surface area contributed by atoms with E-state index in [1.807, 2.05) is 0 Å². The maximum absolute atomic E-state index is 12.2. The maximum Gasteiger partial charge on any atom is 0.251 e. The number of piperidine rings is 1. The first-order chi connectivity index (χ1) is 10.1. The number of nitrogens with one attached hydrogen (secondary N) is 1. The number of rotatable bonds is 5. The molecular formula is C16H24ClN3O. The van der Waals surface area contributed by atoms with Gasteiger partial charge in [-0.05, 0) is 44.0 Å². The summed E-state index contributed by atoms with van der Waals surface area (Å²) in [5.41, 5.74) is 6.78. The van der Waals surface area contributed by atoms with Crippen molar-refractivity contribution in [2.75, 3.05) is 25.4 Å². The van der Waals surface area contributed by atoms with Gasteiger partial charge in [0.2, 0.25) is 0 Å². The molecule has 1 amide bonds. The van der Waals surface area contributed by atoms with Crippen molar-refractivity contribution in [1.29, 1.82) is 0 Å². The second-order valence-electron chi connectivity index (χ2n) is 5.72. The lowest BCUT2D eigenvalue weighted by atomic mass is 10.0. The van der Waals surface area contributed by atoms with Gasteiger partial charge in [0.05, 0.1) is 0 Å². The summed E-state index contributed by atoms with van der Waals surface area (Å²) < 4.78 is 0. The molecule has 0 unspecified atom stereocenters. The fourth-order valence-electron chi connectivity index (χ4n) is 2.69. The minimum Gasteiger partial charge on any atom is -0.399 e. The Labute approximate surface area is 131 Å². The number of nitrogens with zero attached hydrogens (tertiary/aromatic N) is 1. The second kappa shape index (κ2) is 7.66. The van der Waals surface area contributed by atoms with Crippen LogP contribution in [0.15, 0.2) is 18.2 Å². The lowest BCUT2D eigenvalue weighted by Gasteiger charge is -2.32. The molecule has 4 nitrogen and oxygen atoms in total. The van der Waals surface area contributed by atoms with Crippen LogP contribution in [0.1, 0.15) is 43.0 Å². The first kappa shape index (κ1) is 16.1. The van der Waals surface area contributed by atoms with Crippen LogP contribution < -0.4 is 11.1 Å². The minimum atomic E-state index is -0.0868. The van der Waals surface area contributed by atoms with Crippen LogP contribution in [-0.2, 0) is 0 Å². The molecule has 1 aromatic rings. The highest BCUT2D eigenvalue weighted by Gasteiger charge is 2.20.